The van der Waals surface area contributed by atoms with Gasteiger partial charge in [0.05, 0.1) is 12.8 Å². The minimum atomic E-state index is -0.948. The van der Waals surface area contributed by atoms with Crippen LogP contribution in [0.5, 0.6) is 5.75 Å². The van der Waals surface area contributed by atoms with Crippen LogP contribution in [0.3, 0.4) is 0 Å². The van der Waals surface area contributed by atoms with Crippen LogP contribution < -0.4 is 4.74 Å². The topological polar surface area (TPSA) is 64.3 Å². The first-order valence-electron chi connectivity index (χ1n) is 6.94. The number of aliphatic carboxylic acids is 1. The van der Waals surface area contributed by atoms with Crippen molar-refractivity contribution in [3.05, 3.63) is 47.0 Å². The predicted molar refractivity (Wildman–Crippen MR) is 90.7 cm³/mol. The average Bonchev–Trinajstić information content (AvgIpc) is 2.96. The number of carboxylic acid groups (broad SMARTS) is 1. The van der Waals surface area contributed by atoms with Gasteiger partial charge in [-0.1, -0.05) is 6.07 Å². The fourth-order valence-electron chi connectivity index (χ4n) is 2.15. The SMILES string of the molecule is COc1cc(/C=C(\CCCCl)C(=O)O)ccc1-n1ccnc1Cl. The molecule has 0 saturated heterocycles. The Kier molecular flexibility index (Phi) is 6.07. The maximum Gasteiger partial charge on any atom is 0.331 e. The lowest BCUT2D eigenvalue weighted by Gasteiger charge is -2.11. The Morgan fingerprint density at radius 3 is 2.83 bits per heavy atom. The Balaban J connectivity index is 2.38. The smallest absolute Gasteiger partial charge is 0.331 e. The lowest BCUT2D eigenvalue weighted by molar-refractivity contribution is -0.132. The van der Waals surface area contributed by atoms with E-state index < -0.39 is 5.97 Å². The number of halogens is 2. The molecule has 7 heteroatoms. The highest BCUT2D eigenvalue weighted by Crippen LogP contribution is 2.28. The van der Waals surface area contributed by atoms with Crippen LogP contribution in [0.15, 0.2) is 36.2 Å². The Hall–Kier alpha value is -1.98. The van der Waals surface area contributed by atoms with Crippen LogP contribution in [-0.2, 0) is 4.79 Å². The molecule has 1 aromatic heterocycles. The van der Waals surface area contributed by atoms with E-state index in [1.807, 2.05) is 0 Å². The molecular formula is C16H16Cl2N2O3. The zero-order chi connectivity index (χ0) is 16.8. The maximum atomic E-state index is 11.3. The van der Waals surface area contributed by atoms with Crippen LogP contribution in [0.25, 0.3) is 11.8 Å². The number of nitrogens with zero attached hydrogens (tertiary/aromatic N) is 2. The zero-order valence-electron chi connectivity index (χ0n) is 12.5. The molecule has 0 aliphatic heterocycles. The summed E-state index contributed by atoms with van der Waals surface area (Å²) in [7, 11) is 1.54. The van der Waals surface area contributed by atoms with Crippen LogP contribution in [0, 0.1) is 0 Å². The first-order chi connectivity index (χ1) is 11.1. The molecule has 23 heavy (non-hydrogen) atoms. The Bertz CT molecular complexity index is 726. The summed E-state index contributed by atoms with van der Waals surface area (Å²) in [5, 5.41) is 9.58. The van der Waals surface area contributed by atoms with Gasteiger partial charge in [0.15, 0.2) is 0 Å². The highest BCUT2D eigenvalue weighted by molar-refractivity contribution is 6.28. The van der Waals surface area contributed by atoms with Crippen LogP contribution in [0.1, 0.15) is 18.4 Å². The minimum absolute atomic E-state index is 0.307. The third kappa shape index (κ3) is 4.27. The molecule has 0 spiro atoms. The molecule has 0 aliphatic rings. The maximum absolute atomic E-state index is 11.3. The minimum Gasteiger partial charge on any atom is -0.495 e. The lowest BCUT2D eigenvalue weighted by atomic mass is 10.1. The first-order valence-corrected chi connectivity index (χ1v) is 7.85. The van der Waals surface area contributed by atoms with E-state index in [4.69, 9.17) is 27.9 Å². The molecule has 1 heterocycles. The van der Waals surface area contributed by atoms with E-state index in [0.29, 0.717) is 35.3 Å². The standard InChI is InChI=1S/C16H16Cl2N2O3/c1-23-14-10-11(9-12(15(21)22)3-2-6-17)4-5-13(14)20-8-7-19-16(20)18/h4-5,7-10H,2-3,6H2,1H3,(H,21,22)/b12-9+. The number of alkyl halides is 1. The zero-order valence-corrected chi connectivity index (χ0v) is 14.0. The van der Waals surface area contributed by atoms with Crippen molar-refractivity contribution in [2.75, 3.05) is 13.0 Å². The summed E-state index contributed by atoms with van der Waals surface area (Å²) in [6, 6.07) is 5.37. The summed E-state index contributed by atoms with van der Waals surface area (Å²) in [6.45, 7) is 0. The van der Waals surface area contributed by atoms with Crippen molar-refractivity contribution >= 4 is 35.2 Å². The molecule has 0 atom stereocenters. The van der Waals surface area contributed by atoms with Crippen LogP contribution in [0.2, 0.25) is 5.28 Å². The highest BCUT2D eigenvalue weighted by Gasteiger charge is 2.11. The average molecular weight is 355 g/mol. The molecule has 122 valence electrons. The van der Waals surface area contributed by atoms with Gasteiger partial charge in [0.2, 0.25) is 5.28 Å². The summed E-state index contributed by atoms with van der Waals surface area (Å²) >= 11 is 11.7. The van der Waals surface area contributed by atoms with Gasteiger partial charge in [0.1, 0.15) is 5.75 Å². The van der Waals surface area contributed by atoms with Crippen LogP contribution >= 0.6 is 23.2 Å². The largest absolute Gasteiger partial charge is 0.495 e. The van der Waals surface area contributed by atoms with E-state index >= 15 is 0 Å². The normalized spacial score (nSPS) is 11.5. The number of benzene rings is 1. The van der Waals surface area contributed by atoms with Crippen molar-refractivity contribution in [3.8, 4) is 11.4 Å². The van der Waals surface area contributed by atoms with Crippen molar-refractivity contribution in [1.29, 1.82) is 0 Å². The number of rotatable bonds is 7. The van der Waals surface area contributed by atoms with Crippen molar-refractivity contribution in [2.45, 2.75) is 12.8 Å². The van der Waals surface area contributed by atoms with Gasteiger partial charge in [-0.15, -0.1) is 11.6 Å². The third-order valence-corrected chi connectivity index (χ3v) is 3.80. The number of carboxylic acids is 1. The fourth-order valence-corrected chi connectivity index (χ4v) is 2.48. The van der Waals surface area contributed by atoms with Crippen molar-refractivity contribution in [3.63, 3.8) is 0 Å². The monoisotopic (exact) mass is 354 g/mol. The summed E-state index contributed by atoms with van der Waals surface area (Å²) < 4.78 is 7.06. The molecule has 0 bridgehead atoms. The van der Waals surface area contributed by atoms with Crippen LogP contribution in [-0.4, -0.2) is 33.6 Å². The third-order valence-electron chi connectivity index (χ3n) is 3.25. The van der Waals surface area contributed by atoms with E-state index in [2.05, 4.69) is 4.98 Å². The number of aromatic nitrogens is 2. The van der Waals surface area contributed by atoms with Gasteiger partial charge in [-0.25, -0.2) is 9.78 Å². The number of methoxy groups -OCH3 is 1. The molecule has 0 amide bonds. The highest BCUT2D eigenvalue weighted by atomic mass is 35.5. The molecule has 0 saturated carbocycles. The Morgan fingerprint density at radius 2 is 2.26 bits per heavy atom. The molecule has 2 aromatic rings. The molecule has 2 rings (SSSR count). The first kappa shape index (κ1) is 17.4. The quantitative estimate of drug-likeness (QED) is 0.602. The van der Waals surface area contributed by atoms with Crippen molar-refractivity contribution < 1.29 is 14.6 Å². The molecule has 0 unspecified atom stereocenters. The summed E-state index contributed by atoms with van der Waals surface area (Å²) in [5.74, 6) is 0.0444. The number of ether oxygens (including phenoxy) is 1. The van der Waals surface area contributed by atoms with Gasteiger partial charge < -0.3 is 9.84 Å². The van der Waals surface area contributed by atoms with Crippen LogP contribution in [0.4, 0.5) is 0 Å². The van der Waals surface area contributed by atoms with E-state index in [0.717, 1.165) is 11.3 Å². The van der Waals surface area contributed by atoms with E-state index in [1.165, 1.54) is 0 Å². The Labute approximate surface area is 144 Å². The second kappa shape index (κ2) is 8.04. The summed E-state index contributed by atoms with van der Waals surface area (Å²) in [6.07, 6.45) is 5.95. The van der Waals surface area contributed by atoms with Gasteiger partial charge in [0.25, 0.3) is 0 Å². The number of carbonyl (C=O) groups is 1. The molecule has 1 aromatic carbocycles. The number of hydrogen-bond donors (Lipinski definition) is 1. The van der Waals surface area contributed by atoms with Crippen molar-refractivity contribution in [1.82, 2.24) is 9.55 Å². The second-order valence-electron chi connectivity index (χ2n) is 4.76. The number of imidazole rings is 1. The van der Waals surface area contributed by atoms with E-state index in [1.54, 1.807) is 48.3 Å². The van der Waals surface area contributed by atoms with Gasteiger partial charge >= 0.3 is 5.97 Å². The second-order valence-corrected chi connectivity index (χ2v) is 5.48. The summed E-state index contributed by atoms with van der Waals surface area (Å²) in [4.78, 5) is 15.3. The predicted octanol–water partition coefficient (Wildman–Crippen LogP) is 4.02. The van der Waals surface area contributed by atoms with E-state index in [9.17, 15) is 9.90 Å². The fraction of sp³-hybridized carbons (Fsp3) is 0.250. The number of hydrogen-bond acceptors (Lipinski definition) is 3. The summed E-state index contributed by atoms with van der Waals surface area (Å²) in [5.41, 5.74) is 1.76. The molecular weight excluding hydrogens is 339 g/mol. The molecule has 5 nitrogen and oxygen atoms in total. The molecule has 0 radical (unpaired) electrons. The van der Waals surface area contributed by atoms with Gasteiger partial charge in [-0.05, 0) is 48.2 Å². The lowest BCUT2D eigenvalue weighted by Crippen LogP contribution is -2.01. The van der Waals surface area contributed by atoms with Gasteiger partial charge in [-0.3, -0.25) is 4.57 Å². The van der Waals surface area contributed by atoms with Crippen molar-refractivity contribution in [2.24, 2.45) is 0 Å². The van der Waals surface area contributed by atoms with Gasteiger partial charge in [0, 0.05) is 23.8 Å². The molecule has 1 N–H and O–H groups in total. The molecule has 0 aliphatic carbocycles. The van der Waals surface area contributed by atoms with E-state index in [-0.39, 0.29) is 0 Å². The van der Waals surface area contributed by atoms with Gasteiger partial charge in [-0.2, -0.15) is 0 Å². The Morgan fingerprint density at radius 1 is 1.48 bits per heavy atom. The molecule has 0 fully saturated rings.